The number of hydrogen-bond acceptors (Lipinski definition) is 2. The van der Waals surface area contributed by atoms with Gasteiger partial charge in [-0.15, -0.1) is 0 Å². The first-order chi connectivity index (χ1) is 13.2. The van der Waals surface area contributed by atoms with E-state index in [-0.39, 0.29) is 11.5 Å². The quantitative estimate of drug-likeness (QED) is 0.807. The predicted octanol–water partition coefficient (Wildman–Crippen LogP) is 4.34. The van der Waals surface area contributed by atoms with E-state index in [9.17, 15) is 9.18 Å². The Balaban J connectivity index is 1.31. The second kappa shape index (κ2) is 7.81. The highest BCUT2D eigenvalue weighted by Crippen LogP contribution is 2.41. The smallest absolute Gasteiger partial charge is 0.256 e. The number of likely N-dealkylation sites (tertiary alicyclic amines) is 2. The number of nitrogens with zero attached hydrogens (tertiary/aromatic N) is 2. The summed E-state index contributed by atoms with van der Waals surface area (Å²) in [6.45, 7) is 4.75. The molecule has 0 saturated carbocycles. The molecular weight excluding hydrogens is 339 g/mol. The van der Waals surface area contributed by atoms with E-state index in [4.69, 9.17) is 0 Å². The van der Waals surface area contributed by atoms with E-state index in [2.05, 4.69) is 35.2 Å². The van der Waals surface area contributed by atoms with Crippen LogP contribution in [0.4, 0.5) is 4.39 Å². The minimum absolute atomic E-state index is 0.163. The summed E-state index contributed by atoms with van der Waals surface area (Å²) in [7, 11) is 0. The lowest BCUT2D eigenvalue weighted by atomic mass is 9.71. The van der Waals surface area contributed by atoms with E-state index in [0.717, 1.165) is 45.6 Å². The SMILES string of the molecule is O=C(c1ccccc1F)N1CCC2(CCN(Cc3ccccc3)CC2)CC1. The van der Waals surface area contributed by atoms with Crippen molar-refractivity contribution in [3.05, 3.63) is 71.5 Å². The van der Waals surface area contributed by atoms with Crippen LogP contribution in [0, 0.1) is 11.2 Å². The molecule has 4 heteroatoms. The third-order valence-electron chi connectivity index (χ3n) is 6.38. The standard InChI is InChI=1S/C23H27FN2O/c24-21-9-5-4-8-20(21)22(27)26-16-12-23(13-17-26)10-14-25(15-11-23)18-19-6-2-1-3-7-19/h1-9H,10-18H2. The highest BCUT2D eigenvalue weighted by molar-refractivity contribution is 5.94. The maximum atomic E-state index is 13.9. The molecule has 0 atom stereocenters. The molecule has 2 heterocycles. The van der Waals surface area contributed by atoms with Gasteiger partial charge in [0.15, 0.2) is 0 Å². The maximum Gasteiger partial charge on any atom is 0.256 e. The van der Waals surface area contributed by atoms with Gasteiger partial charge in [0.2, 0.25) is 0 Å². The van der Waals surface area contributed by atoms with Gasteiger partial charge in [-0.05, 0) is 61.9 Å². The number of piperidine rings is 2. The number of rotatable bonds is 3. The Morgan fingerprint density at radius 3 is 2.11 bits per heavy atom. The summed E-state index contributed by atoms with van der Waals surface area (Å²) < 4.78 is 13.9. The Bertz CT molecular complexity index is 774. The first-order valence-corrected chi connectivity index (χ1v) is 9.95. The molecule has 2 aliphatic rings. The maximum absolute atomic E-state index is 13.9. The Labute approximate surface area is 160 Å². The number of hydrogen-bond donors (Lipinski definition) is 0. The fourth-order valence-corrected chi connectivity index (χ4v) is 4.52. The molecule has 2 aromatic carbocycles. The van der Waals surface area contributed by atoms with Crippen molar-refractivity contribution in [1.29, 1.82) is 0 Å². The van der Waals surface area contributed by atoms with Crippen LogP contribution in [-0.2, 0) is 6.54 Å². The minimum atomic E-state index is -0.419. The van der Waals surface area contributed by atoms with Gasteiger partial charge in [-0.25, -0.2) is 4.39 Å². The second-order valence-corrected chi connectivity index (χ2v) is 8.03. The number of halogens is 1. The average Bonchev–Trinajstić information content (AvgIpc) is 2.71. The molecule has 0 unspecified atom stereocenters. The molecule has 0 aromatic heterocycles. The molecule has 2 saturated heterocycles. The highest BCUT2D eigenvalue weighted by atomic mass is 19.1. The van der Waals surface area contributed by atoms with Gasteiger partial charge in [0.05, 0.1) is 5.56 Å². The van der Waals surface area contributed by atoms with Gasteiger partial charge in [0.1, 0.15) is 5.82 Å². The zero-order valence-electron chi connectivity index (χ0n) is 15.7. The van der Waals surface area contributed by atoms with Gasteiger partial charge in [0, 0.05) is 19.6 Å². The molecule has 142 valence electrons. The number of carbonyl (C=O) groups is 1. The van der Waals surface area contributed by atoms with Gasteiger partial charge < -0.3 is 4.90 Å². The van der Waals surface area contributed by atoms with Crippen LogP contribution in [0.5, 0.6) is 0 Å². The van der Waals surface area contributed by atoms with Gasteiger partial charge in [-0.3, -0.25) is 9.69 Å². The molecule has 1 spiro atoms. The summed E-state index contributed by atoms with van der Waals surface area (Å²) in [4.78, 5) is 17.0. The summed E-state index contributed by atoms with van der Waals surface area (Å²) >= 11 is 0. The topological polar surface area (TPSA) is 23.6 Å². The van der Waals surface area contributed by atoms with Gasteiger partial charge in [0.25, 0.3) is 5.91 Å². The van der Waals surface area contributed by atoms with Crippen LogP contribution in [0.1, 0.15) is 41.6 Å². The van der Waals surface area contributed by atoms with Crippen LogP contribution in [0.25, 0.3) is 0 Å². The summed E-state index contributed by atoms with van der Waals surface area (Å²) in [6, 6.07) is 16.9. The largest absolute Gasteiger partial charge is 0.339 e. The molecule has 0 N–H and O–H groups in total. The van der Waals surface area contributed by atoms with E-state index in [0.29, 0.717) is 5.41 Å². The average molecular weight is 366 g/mol. The summed E-state index contributed by atoms with van der Waals surface area (Å²) in [6.07, 6.45) is 4.46. The molecular formula is C23H27FN2O. The Morgan fingerprint density at radius 1 is 0.852 bits per heavy atom. The van der Waals surface area contributed by atoms with Crippen LogP contribution in [0.2, 0.25) is 0 Å². The van der Waals surface area contributed by atoms with Crippen LogP contribution < -0.4 is 0 Å². The number of amides is 1. The normalized spacial score (nSPS) is 20.0. The second-order valence-electron chi connectivity index (χ2n) is 8.03. The van der Waals surface area contributed by atoms with Crippen molar-refractivity contribution in [2.24, 2.45) is 5.41 Å². The fraction of sp³-hybridized carbons (Fsp3) is 0.435. The Kier molecular flexibility index (Phi) is 5.26. The zero-order valence-corrected chi connectivity index (χ0v) is 15.7. The summed E-state index contributed by atoms with van der Waals surface area (Å²) in [5, 5.41) is 0. The monoisotopic (exact) mass is 366 g/mol. The number of carbonyl (C=O) groups excluding carboxylic acids is 1. The van der Waals surface area contributed by atoms with Crippen LogP contribution in [0.3, 0.4) is 0 Å². The third kappa shape index (κ3) is 4.06. The van der Waals surface area contributed by atoms with Crippen molar-refractivity contribution in [2.75, 3.05) is 26.2 Å². The fourth-order valence-electron chi connectivity index (χ4n) is 4.52. The number of benzene rings is 2. The lowest BCUT2D eigenvalue weighted by Crippen LogP contribution is -2.48. The summed E-state index contributed by atoms with van der Waals surface area (Å²) in [5.74, 6) is -0.582. The molecule has 2 fully saturated rings. The molecule has 1 amide bonds. The minimum Gasteiger partial charge on any atom is -0.339 e. The lowest BCUT2D eigenvalue weighted by molar-refractivity contribution is 0.0283. The molecule has 2 aliphatic heterocycles. The van der Waals surface area contributed by atoms with E-state index < -0.39 is 5.82 Å². The van der Waals surface area contributed by atoms with E-state index in [1.807, 2.05) is 4.90 Å². The van der Waals surface area contributed by atoms with Gasteiger partial charge in [-0.1, -0.05) is 42.5 Å². The third-order valence-corrected chi connectivity index (χ3v) is 6.38. The molecule has 2 aromatic rings. The van der Waals surface area contributed by atoms with E-state index in [1.54, 1.807) is 18.2 Å². The van der Waals surface area contributed by atoms with Crippen molar-refractivity contribution in [1.82, 2.24) is 9.80 Å². The molecule has 0 bridgehead atoms. The summed E-state index contributed by atoms with van der Waals surface area (Å²) in [5.41, 5.74) is 1.93. The van der Waals surface area contributed by atoms with Crippen molar-refractivity contribution in [3.63, 3.8) is 0 Å². The van der Waals surface area contributed by atoms with Crippen molar-refractivity contribution in [2.45, 2.75) is 32.2 Å². The van der Waals surface area contributed by atoms with Gasteiger partial charge >= 0.3 is 0 Å². The molecule has 4 rings (SSSR count). The Hall–Kier alpha value is -2.20. The molecule has 0 aliphatic carbocycles. The predicted molar refractivity (Wildman–Crippen MR) is 105 cm³/mol. The Morgan fingerprint density at radius 2 is 1.44 bits per heavy atom. The van der Waals surface area contributed by atoms with Crippen molar-refractivity contribution in [3.8, 4) is 0 Å². The van der Waals surface area contributed by atoms with Crippen LogP contribution in [-0.4, -0.2) is 41.9 Å². The van der Waals surface area contributed by atoms with Crippen LogP contribution in [0.15, 0.2) is 54.6 Å². The first-order valence-electron chi connectivity index (χ1n) is 9.95. The van der Waals surface area contributed by atoms with Crippen molar-refractivity contribution < 1.29 is 9.18 Å². The van der Waals surface area contributed by atoms with E-state index in [1.165, 1.54) is 24.5 Å². The first kappa shape index (κ1) is 18.2. The molecule has 0 radical (unpaired) electrons. The van der Waals surface area contributed by atoms with Crippen molar-refractivity contribution >= 4 is 5.91 Å². The molecule has 3 nitrogen and oxygen atoms in total. The van der Waals surface area contributed by atoms with Gasteiger partial charge in [-0.2, -0.15) is 0 Å². The van der Waals surface area contributed by atoms with Crippen LogP contribution >= 0.6 is 0 Å². The highest BCUT2D eigenvalue weighted by Gasteiger charge is 2.38. The zero-order chi connectivity index (χ0) is 18.7. The lowest BCUT2D eigenvalue weighted by Gasteiger charge is -2.47. The molecule has 27 heavy (non-hydrogen) atoms. The van der Waals surface area contributed by atoms with E-state index >= 15 is 0 Å².